The molecule has 147 heavy (non-hydrogen) atoms. The number of hydrogen-bond acceptors (Lipinski definition) is 24. The molecule has 16 amide bonds. The van der Waals surface area contributed by atoms with Crippen molar-refractivity contribution in [2.45, 2.75) is 374 Å². The Morgan fingerprint density at radius 1 is 0.395 bits per heavy atom. The van der Waals surface area contributed by atoms with Gasteiger partial charge in [-0.3, -0.25) is 83.6 Å². The van der Waals surface area contributed by atoms with E-state index >= 15 is 0 Å². The fraction of sp³-hybridized carbons (Fsp3) is 0.583. The fourth-order valence-electron chi connectivity index (χ4n) is 20.5. The van der Waals surface area contributed by atoms with Crippen LogP contribution in [0, 0.1) is 0 Å². The van der Waals surface area contributed by atoms with Crippen LogP contribution in [-0.4, -0.2) is 268 Å². The third kappa shape index (κ3) is 28.1. The first kappa shape index (κ1) is 114. The molecule has 5 N–H and O–H groups in total. The lowest BCUT2D eigenvalue weighted by Crippen LogP contribution is -2.52. The van der Waals surface area contributed by atoms with Crippen molar-refractivity contribution in [3.63, 3.8) is 0 Å². The first-order chi connectivity index (χ1) is 68.3. The van der Waals surface area contributed by atoms with Gasteiger partial charge in [-0.1, -0.05) is 58.4 Å². The lowest BCUT2D eigenvalue weighted by atomic mass is 9.73. The second-order valence-corrected chi connectivity index (χ2v) is 46.3. The molecule has 8 saturated heterocycles. The molecule has 18 rings (SSSR count). The van der Waals surface area contributed by atoms with Gasteiger partial charge in [0.1, 0.15) is 52.4 Å². The summed E-state index contributed by atoms with van der Waals surface area (Å²) in [7, 11) is -0.330. The van der Waals surface area contributed by atoms with Crippen LogP contribution in [0.4, 0.5) is 19.2 Å². The summed E-state index contributed by atoms with van der Waals surface area (Å²) in [5.41, 5.74) is 9.21. The first-order valence-electron chi connectivity index (χ1n) is 51.0. The van der Waals surface area contributed by atoms with Crippen LogP contribution < -0.4 is 26.6 Å². The van der Waals surface area contributed by atoms with E-state index in [0.29, 0.717) is 132 Å². The highest BCUT2D eigenvalue weighted by atomic mass is 79.9. The van der Waals surface area contributed by atoms with Gasteiger partial charge in [0, 0.05) is 148 Å². The minimum absolute atomic E-state index is 0. The first-order valence-corrected chi connectivity index (χ1v) is 51.8. The predicted octanol–water partition coefficient (Wildman–Crippen LogP) is 14.3. The Bertz CT molecular complexity index is 5860. The van der Waals surface area contributed by atoms with Gasteiger partial charge in [0.05, 0.1) is 11.2 Å². The molecule has 14 heterocycles. The molecule has 8 fully saturated rings. The number of fused-ring (bicyclic) bond motifs is 4. The average Bonchev–Trinajstić information content (AvgIpc) is 1.71. The number of piperidine rings is 7. The molecule has 39 heteroatoms. The second kappa shape index (κ2) is 46.2. The molecule has 0 aliphatic carbocycles. The van der Waals surface area contributed by atoms with Gasteiger partial charge in [0.2, 0.25) is 47.3 Å². The van der Waals surface area contributed by atoms with Gasteiger partial charge in [0.15, 0.2) is 0 Å². The van der Waals surface area contributed by atoms with Gasteiger partial charge in [0.25, 0.3) is 23.6 Å². The number of benzene rings is 4. The van der Waals surface area contributed by atoms with Crippen LogP contribution in [0.2, 0.25) is 0 Å². The third-order valence-electron chi connectivity index (χ3n) is 28.9. The molecule has 11 unspecified atom stereocenters. The van der Waals surface area contributed by atoms with Crippen molar-refractivity contribution < 1.29 is 110 Å². The number of ketones is 1. The van der Waals surface area contributed by atoms with E-state index in [2.05, 4.69) is 67.6 Å². The molecule has 0 spiro atoms. The van der Waals surface area contributed by atoms with E-state index < -0.39 is 58.4 Å². The normalized spacial score (nSPS) is 25.3. The van der Waals surface area contributed by atoms with Crippen molar-refractivity contribution in [3.05, 3.63) is 156 Å². The second-order valence-electron chi connectivity index (χ2n) is 45.4. The molecule has 0 aromatic heterocycles. The number of carbonyl (C=O) groups is 17. The van der Waals surface area contributed by atoms with Crippen molar-refractivity contribution in [1.29, 1.82) is 0 Å². The van der Waals surface area contributed by atoms with E-state index in [-0.39, 0.29) is 176 Å². The number of Topliss-reactive ketones (excluding diaryl/α,β-unsaturated/α-hetero) is 1. The smallest absolute Gasteiger partial charge is 0.444 e. The largest absolute Gasteiger partial charge is 0.490 e. The number of ether oxygens (including phenoxy) is 4. The maximum Gasteiger partial charge on any atom is 0.490 e. The molecule has 796 valence electrons. The fourth-order valence-corrected chi connectivity index (χ4v) is 20.9. The van der Waals surface area contributed by atoms with Crippen molar-refractivity contribution in [2.24, 2.45) is 0 Å². The minimum Gasteiger partial charge on any atom is -0.444 e. The summed E-state index contributed by atoms with van der Waals surface area (Å²) in [5, 5.41) is 12.8. The number of amides is 16. The van der Waals surface area contributed by atoms with Crippen LogP contribution in [0.25, 0.3) is 5.57 Å². The van der Waals surface area contributed by atoms with Gasteiger partial charge < -0.3 is 72.8 Å². The number of hydrogen-bond donors (Lipinski definition) is 5. The standard InChI is InChI=1S/C24H31N3O5.C24H29N3O5.C19H23N3O3.C17H30BNO4.C13H11BrN2O3.C11H19NO3.ClH/c2*1-14-11-16(9-10-26(14)23(31)32-24(2,3)4)15-5-6-18-17(12-15)13-27(22(18)30)19-7-8-20(28)25-21(19)29;1-11-8-13(6-7-20-11)12-2-3-15-14(9-12)10-22(19(15)25)16-4-5-17(23)21-18(16)24;1-12-11-13(18-22-16(5,6)17(7,8)23-18)9-10-19(12)14(20)21-15(2,3)4;14-8-1-2-9-7(5-8)6-16(13(9)19)10-3-4-11(17)15-12(10)18;1-8-7-9(13)5-6-12(8)10(14)15-11(2,3)4;/h5-6,12,14,16,19H,7-11,13H2,1-4H3,(H,25,28,29);5-6,9,12,14,19H,7-8,10-11,13H2,1-4H3,(H,25,28,29);2-3,9,11,13,16,20H,4-8,10H2,1H3,(H,21,23,24);9,12H,10-11H2,1-8H3;1-2,5,10H,3-4,6H2,(H,15,17,18);8H,5-7H2,1-4H3;1H. The van der Waals surface area contributed by atoms with Crippen LogP contribution >= 0.6 is 28.3 Å². The summed E-state index contributed by atoms with van der Waals surface area (Å²) < 4.78 is 34.9. The SMILES string of the molecule is CC1CC(=O)CCN1C(=O)OC(C)(C)C.CC1CC(B2OC(C)(C)C(C)(C)O2)=CCN1C(=O)OC(C)(C)C.CC1CC(c2ccc3c(c2)CN(C2CCC(=O)NC2=O)C3=O)=CCN1C(=O)OC(C)(C)C.CC1CC(c2ccc3c(c2)CN(C2CCC(=O)NC2=O)C3=O)CCN1.CC1CC(c2ccc3c(c2)CN(C2CCC(=O)NC2=O)C3=O)CCN1C(=O)OC(C)(C)C.Cl.O=C1CCC(N2Cc3cc(Br)ccc3C2=O)C(=O)N1. The molecular weight excluding hydrogens is 1970 g/mol. The van der Waals surface area contributed by atoms with Crippen molar-refractivity contribution in [2.75, 3.05) is 32.7 Å². The Morgan fingerprint density at radius 3 is 1.11 bits per heavy atom. The summed E-state index contributed by atoms with van der Waals surface area (Å²) in [6.07, 6.45) is 11.6. The van der Waals surface area contributed by atoms with E-state index in [1.54, 1.807) is 45.3 Å². The molecular formula is C108H144BBrClN13O23. The zero-order valence-electron chi connectivity index (χ0n) is 88.4. The van der Waals surface area contributed by atoms with Crippen molar-refractivity contribution >= 4 is 142 Å². The number of carbonyl (C=O) groups excluding carboxylic acids is 17. The Labute approximate surface area is 875 Å². The monoisotopic (exact) mass is 2120 g/mol. The summed E-state index contributed by atoms with van der Waals surface area (Å²) in [5.74, 6) is -2.20. The highest BCUT2D eigenvalue weighted by Gasteiger charge is 2.54. The van der Waals surface area contributed by atoms with Gasteiger partial charge in [-0.2, -0.15) is 0 Å². The topological polar surface area (TPSA) is 432 Å². The highest BCUT2D eigenvalue weighted by Crippen LogP contribution is 2.44. The maximum absolute atomic E-state index is 12.9. The van der Waals surface area contributed by atoms with E-state index in [0.717, 1.165) is 87.5 Å². The van der Waals surface area contributed by atoms with Gasteiger partial charge in [-0.05, 0) is 320 Å². The third-order valence-corrected chi connectivity index (χ3v) is 29.4. The van der Waals surface area contributed by atoms with E-state index in [4.69, 9.17) is 28.3 Å². The molecule has 0 radical (unpaired) electrons. The van der Waals surface area contributed by atoms with Gasteiger partial charge in [-0.25, -0.2) is 19.2 Å². The zero-order valence-corrected chi connectivity index (χ0v) is 90.8. The maximum atomic E-state index is 12.9. The van der Waals surface area contributed by atoms with E-state index in [1.165, 1.54) is 5.56 Å². The average molecular weight is 2120 g/mol. The molecule has 14 aliphatic rings. The van der Waals surface area contributed by atoms with Crippen LogP contribution in [0.15, 0.2) is 94.9 Å². The Morgan fingerprint density at radius 2 is 0.741 bits per heavy atom. The summed E-state index contributed by atoms with van der Waals surface area (Å²) >= 11 is 3.37. The molecule has 0 bridgehead atoms. The molecule has 11 atom stereocenters. The van der Waals surface area contributed by atoms with E-state index in [1.807, 2.05) is 199 Å². The summed E-state index contributed by atoms with van der Waals surface area (Å²) in [4.78, 5) is 218. The van der Waals surface area contributed by atoms with Crippen LogP contribution in [0.3, 0.4) is 0 Å². The zero-order chi connectivity index (χ0) is 107. The Kier molecular flexibility index (Phi) is 35.8. The lowest BCUT2D eigenvalue weighted by molar-refractivity contribution is -0.138. The Hall–Kier alpha value is -11.7. The lowest BCUT2D eigenvalue weighted by Gasteiger charge is -2.38. The van der Waals surface area contributed by atoms with Crippen LogP contribution in [0.1, 0.15) is 340 Å². The van der Waals surface area contributed by atoms with Crippen LogP contribution in [0.5, 0.6) is 0 Å². The molecule has 4 aromatic carbocycles. The van der Waals surface area contributed by atoms with Gasteiger partial charge in [-0.15, -0.1) is 12.4 Å². The van der Waals surface area contributed by atoms with Crippen molar-refractivity contribution in [1.82, 2.24) is 65.8 Å². The minimum atomic E-state index is -0.618. The number of imide groups is 4. The van der Waals surface area contributed by atoms with E-state index in [9.17, 15) is 81.5 Å². The quantitative estimate of drug-likeness (QED) is 0.0621. The van der Waals surface area contributed by atoms with Gasteiger partial charge >= 0.3 is 31.5 Å². The molecule has 14 aliphatic heterocycles. The number of rotatable bonds is 8. The Balaban J connectivity index is 0.000000159. The molecule has 4 aromatic rings. The predicted molar refractivity (Wildman–Crippen MR) is 552 cm³/mol. The summed E-state index contributed by atoms with van der Waals surface area (Å²) in [6, 6.07) is 21.5. The number of nitrogens with zero attached hydrogens (tertiary/aromatic N) is 8. The number of nitrogens with one attached hydrogen (secondary N) is 5. The summed E-state index contributed by atoms with van der Waals surface area (Å²) in [6.45, 7) is 45.4. The molecule has 36 nitrogen and oxygen atoms in total. The highest BCUT2D eigenvalue weighted by molar-refractivity contribution is 9.10. The molecule has 0 saturated carbocycles. The number of likely N-dealkylation sites (tertiary alicyclic amines) is 2. The number of halogens is 2. The van der Waals surface area contributed by atoms with Crippen LogP contribution in [-0.2, 0) is 97.6 Å². The van der Waals surface area contributed by atoms with Crippen molar-refractivity contribution in [3.8, 4) is 0 Å².